The molecule has 2 aromatic carbocycles. The van der Waals surface area contributed by atoms with Gasteiger partial charge in [-0.15, -0.1) is 11.3 Å². The van der Waals surface area contributed by atoms with E-state index in [0.29, 0.717) is 22.7 Å². The van der Waals surface area contributed by atoms with Crippen molar-refractivity contribution in [1.82, 2.24) is 4.98 Å². The summed E-state index contributed by atoms with van der Waals surface area (Å²) in [4.78, 5) is 17.2. The lowest BCUT2D eigenvalue weighted by molar-refractivity contribution is 0.102. The molecule has 0 radical (unpaired) electrons. The van der Waals surface area contributed by atoms with Crippen molar-refractivity contribution in [1.29, 1.82) is 0 Å². The minimum Gasteiger partial charge on any atom is -0.496 e. The summed E-state index contributed by atoms with van der Waals surface area (Å²) in [5, 5.41) is 5.90. The van der Waals surface area contributed by atoms with E-state index in [1.54, 1.807) is 29.5 Å². The Morgan fingerprint density at radius 1 is 1.08 bits per heavy atom. The smallest absolute Gasteiger partial charge is 0.263 e. The van der Waals surface area contributed by atoms with Crippen molar-refractivity contribution < 1.29 is 14.3 Å². The van der Waals surface area contributed by atoms with Crippen LogP contribution in [0.25, 0.3) is 11.3 Å². The van der Waals surface area contributed by atoms with E-state index >= 15 is 0 Å². The molecule has 3 aromatic rings. The predicted octanol–water partition coefficient (Wildman–Crippen LogP) is 4.39. The summed E-state index contributed by atoms with van der Waals surface area (Å²) < 4.78 is 10.6. The molecule has 0 spiro atoms. The molecule has 1 heterocycles. The number of benzene rings is 2. The molecule has 0 saturated heterocycles. The van der Waals surface area contributed by atoms with Crippen molar-refractivity contribution >= 4 is 22.9 Å². The Balaban J connectivity index is 1.89. The third-order valence-electron chi connectivity index (χ3n) is 3.69. The fraction of sp³-hybridized carbons (Fsp3) is 0.158. The average Bonchev–Trinajstić information content (AvgIpc) is 3.07. The number of ether oxygens (including phenoxy) is 2. The molecule has 0 saturated carbocycles. The van der Waals surface area contributed by atoms with Crippen LogP contribution in [0, 0.1) is 6.92 Å². The third kappa shape index (κ3) is 3.64. The van der Waals surface area contributed by atoms with Gasteiger partial charge >= 0.3 is 0 Å². The maximum absolute atomic E-state index is 12.7. The Morgan fingerprint density at radius 3 is 2.36 bits per heavy atom. The van der Waals surface area contributed by atoms with Gasteiger partial charge in [-0.25, -0.2) is 4.98 Å². The predicted molar refractivity (Wildman–Crippen MR) is 99.8 cm³/mol. The van der Waals surface area contributed by atoms with Gasteiger partial charge in [-0.05, 0) is 31.2 Å². The first-order chi connectivity index (χ1) is 12.1. The zero-order valence-corrected chi connectivity index (χ0v) is 15.0. The van der Waals surface area contributed by atoms with Gasteiger partial charge < -0.3 is 14.8 Å². The largest absolute Gasteiger partial charge is 0.496 e. The van der Waals surface area contributed by atoms with Crippen LogP contribution in [-0.4, -0.2) is 25.1 Å². The van der Waals surface area contributed by atoms with Crippen LogP contribution in [0.4, 0.5) is 5.69 Å². The number of anilines is 1. The van der Waals surface area contributed by atoms with Gasteiger partial charge in [0.25, 0.3) is 5.91 Å². The molecule has 0 unspecified atom stereocenters. The molecule has 0 aliphatic heterocycles. The van der Waals surface area contributed by atoms with Crippen molar-refractivity contribution in [2.75, 3.05) is 19.5 Å². The Morgan fingerprint density at radius 2 is 1.76 bits per heavy atom. The van der Waals surface area contributed by atoms with E-state index in [9.17, 15) is 4.79 Å². The van der Waals surface area contributed by atoms with Crippen LogP contribution in [0.3, 0.4) is 0 Å². The number of rotatable bonds is 5. The first-order valence-corrected chi connectivity index (χ1v) is 8.55. The number of amides is 1. The number of carbonyl (C=O) groups excluding carboxylic acids is 1. The lowest BCUT2D eigenvalue weighted by Crippen LogP contribution is -2.14. The summed E-state index contributed by atoms with van der Waals surface area (Å²) in [6, 6.07) is 12.8. The number of carbonyl (C=O) groups is 1. The number of nitrogens with one attached hydrogen (secondary N) is 1. The molecule has 0 aliphatic carbocycles. The monoisotopic (exact) mass is 354 g/mol. The number of aryl methyl sites for hydroxylation is 1. The lowest BCUT2D eigenvalue weighted by Gasteiger charge is -2.13. The summed E-state index contributed by atoms with van der Waals surface area (Å²) in [5.41, 5.74) is 2.89. The Labute approximate surface area is 150 Å². The minimum atomic E-state index is -0.291. The number of aromatic nitrogens is 1. The molecule has 0 atom stereocenters. The molecule has 25 heavy (non-hydrogen) atoms. The third-order valence-corrected chi connectivity index (χ3v) is 4.46. The van der Waals surface area contributed by atoms with E-state index in [-0.39, 0.29) is 5.91 Å². The van der Waals surface area contributed by atoms with Crippen LogP contribution < -0.4 is 14.8 Å². The second-order valence-corrected chi connectivity index (χ2v) is 6.39. The van der Waals surface area contributed by atoms with Crippen LogP contribution in [0.15, 0.2) is 47.8 Å². The zero-order valence-electron chi connectivity index (χ0n) is 14.2. The fourth-order valence-corrected chi connectivity index (χ4v) is 3.14. The summed E-state index contributed by atoms with van der Waals surface area (Å²) in [5.74, 6) is 0.632. The van der Waals surface area contributed by atoms with Crippen molar-refractivity contribution in [3.63, 3.8) is 0 Å². The van der Waals surface area contributed by atoms with Gasteiger partial charge in [-0.1, -0.05) is 18.2 Å². The highest BCUT2D eigenvalue weighted by atomic mass is 32.1. The molecule has 0 aliphatic rings. The number of thiazole rings is 1. The van der Waals surface area contributed by atoms with Gasteiger partial charge in [0, 0.05) is 16.6 Å². The van der Waals surface area contributed by atoms with E-state index in [4.69, 9.17) is 9.47 Å². The number of methoxy groups -OCH3 is 2. The van der Waals surface area contributed by atoms with Crippen molar-refractivity contribution in [2.24, 2.45) is 0 Å². The molecule has 1 aromatic heterocycles. The van der Waals surface area contributed by atoms with Gasteiger partial charge in [0.05, 0.1) is 24.9 Å². The maximum Gasteiger partial charge on any atom is 0.263 e. The maximum atomic E-state index is 12.7. The average molecular weight is 354 g/mol. The van der Waals surface area contributed by atoms with E-state index < -0.39 is 0 Å². The Bertz CT molecular complexity index is 883. The highest BCUT2D eigenvalue weighted by Crippen LogP contribution is 2.30. The molecule has 0 fully saturated rings. The number of hydrogen-bond acceptors (Lipinski definition) is 5. The van der Waals surface area contributed by atoms with E-state index in [0.717, 1.165) is 16.3 Å². The summed E-state index contributed by atoms with van der Waals surface area (Å²) in [6.45, 7) is 1.97. The van der Waals surface area contributed by atoms with Gasteiger partial charge in [-0.3, -0.25) is 4.79 Å². The van der Waals surface area contributed by atoms with E-state index in [2.05, 4.69) is 10.3 Å². The topological polar surface area (TPSA) is 60.5 Å². The molecule has 6 heteroatoms. The van der Waals surface area contributed by atoms with E-state index in [1.807, 2.05) is 36.6 Å². The van der Waals surface area contributed by atoms with Gasteiger partial charge in [-0.2, -0.15) is 0 Å². The zero-order chi connectivity index (χ0) is 17.8. The standard InChI is InChI=1S/C19H18N2O3S/c1-12-20-15(11-25-12)13-6-4-7-14(10-13)21-19(22)18-16(23-2)8-5-9-17(18)24-3/h4-11H,1-3H3,(H,21,22). The van der Waals surface area contributed by atoms with Crippen LogP contribution in [0.5, 0.6) is 11.5 Å². The van der Waals surface area contributed by atoms with Crippen molar-refractivity contribution in [2.45, 2.75) is 6.92 Å². The minimum absolute atomic E-state index is 0.291. The van der Waals surface area contributed by atoms with Crippen molar-refractivity contribution in [3.8, 4) is 22.8 Å². The van der Waals surface area contributed by atoms with Crippen LogP contribution in [0.1, 0.15) is 15.4 Å². The molecule has 128 valence electrons. The normalized spacial score (nSPS) is 10.4. The fourth-order valence-electron chi connectivity index (χ4n) is 2.52. The van der Waals surface area contributed by atoms with Crippen LogP contribution in [-0.2, 0) is 0 Å². The first-order valence-electron chi connectivity index (χ1n) is 7.67. The molecule has 3 rings (SSSR count). The molecule has 5 nitrogen and oxygen atoms in total. The Hall–Kier alpha value is -2.86. The van der Waals surface area contributed by atoms with E-state index in [1.165, 1.54) is 14.2 Å². The molecule has 0 bridgehead atoms. The number of hydrogen-bond donors (Lipinski definition) is 1. The molecular weight excluding hydrogens is 336 g/mol. The SMILES string of the molecule is COc1cccc(OC)c1C(=O)Nc1cccc(-c2csc(C)n2)c1. The first kappa shape index (κ1) is 17.0. The number of nitrogens with zero attached hydrogens (tertiary/aromatic N) is 1. The molecule has 1 N–H and O–H groups in total. The quantitative estimate of drug-likeness (QED) is 0.738. The van der Waals surface area contributed by atoms with Crippen molar-refractivity contribution in [3.05, 3.63) is 58.4 Å². The van der Waals surface area contributed by atoms with Crippen LogP contribution >= 0.6 is 11.3 Å². The van der Waals surface area contributed by atoms with Gasteiger partial charge in [0.15, 0.2) is 0 Å². The second-order valence-electron chi connectivity index (χ2n) is 5.32. The van der Waals surface area contributed by atoms with Crippen LogP contribution in [0.2, 0.25) is 0 Å². The van der Waals surface area contributed by atoms with Gasteiger partial charge in [0.2, 0.25) is 0 Å². The summed E-state index contributed by atoms with van der Waals surface area (Å²) >= 11 is 1.59. The summed E-state index contributed by atoms with van der Waals surface area (Å²) in [7, 11) is 3.05. The highest BCUT2D eigenvalue weighted by Gasteiger charge is 2.18. The molecular formula is C19H18N2O3S. The Kier molecular flexibility index (Phi) is 5.00. The summed E-state index contributed by atoms with van der Waals surface area (Å²) in [6.07, 6.45) is 0. The highest BCUT2D eigenvalue weighted by molar-refractivity contribution is 7.09. The second kappa shape index (κ2) is 7.36. The lowest BCUT2D eigenvalue weighted by atomic mass is 10.1. The molecule has 1 amide bonds. The van der Waals surface area contributed by atoms with Gasteiger partial charge in [0.1, 0.15) is 17.1 Å².